The molecular formula is C5H7BrFN. The van der Waals surface area contributed by atoms with Crippen molar-refractivity contribution in [3.8, 4) is 0 Å². The molecule has 0 amide bonds. The van der Waals surface area contributed by atoms with E-state index in [0.717, 1.165) is 13.1 Å². The molecule has 0 aromatic heterocycles. The van der Waals surface area contributed by atoms with Gasteiger partial charge in [0.15, 0.2) is 4.58 Å². The number of hydrogen-bond acceptors (Lipinski definition) is 1. The van der Waals surface area contributed by atoms with Crippen LogP contribution < -0.4 is 5.32 Å². The van der Waals surface area contributed by atoms with E-state index in [0.29, 0.717) is 6.42 Å². The third kappa shape index (κ3) is 0.402. The number of nitrogens with one attached hydrogen (secondary N) is 1. The van der Waals surface area contributed by atoms with Gasteiger partial charge < -0.3 is 5.32 Å². The number of alkyl halides is 2. The van der Waals surface area contributed by atoms with Crippen LogP contribution in [0.25, 0.3) is 0 Å². The zero-order chi connectivity index (χ0) is 5.83. The highest BCUT2D eigenvalue weighted by Crippen LogP contribution is 2.65. The fourth-order valence-electron chi connectivity index (χ4n) is 1.19. The maximum absolute atomic E-state index is 12.8. The number of rotatable bonds is 0. The first-order valence-corrected chi connectivity index (χ1v) is 3.54. The van der Waals surface area contributed by atoms with Gasteiger partial charge in [-0.25, -0.2) is 4.39 Å². The standard InChI is InChI=1S/C5H7BrFN/c6-5(7)1-4(5)2-8-3-4/h8H,1-3H2. The molecule has 1 aliphatic heterocycles. The lowest BCUT2D eigenvalue weighted by Gasteiger charge is -2.27. The first kappa shape index (κ1) is 5.18. The molecular weight excluding hydrogens is 173 g/mol. The zero-order valence-electron chi connectivity index (χ0n) is 4.38. The Hall–Kier alpha value is 0.370. The molecule has 0 bridgehead atoms. The molecule has 46 valence electrons. The van der Waals surface area contributed by atoms with Crippen LogP contribution in [-0.4, -0.2) is 17.7 Å². The van der Waals surface area contributed by atoms with Crippen molar-refractivity contribution >= 4 is 15.9 Å². The minimum atomic E-state index is -1.01. The van der Waals surface area contributed by atoms with Gasteiger partial charge in [-0.15, -0.1) is 0 Å². The quantitative estimate of drug-likeness (QED) is 0.549. The van der Waals surface area contributed by atoms with Gasteiger partial charge in [0.05, 0.1) is 0 Å². The molecule has 1 heterocycles. The Morgan fingerprint density at radius 3 is 2.00 bits per heavy atom. The average Bonchev–Trinajstić information content (AvgIpc) is 2.05. The van der Waals surface area contributed by atoms with E-state index in [1.807, 2.05) is 0 Å². The molecule has 1 spiro atoms. The third-order valence-corrected chi connectivity index (χ3v) is 3.26. The summed E-state index contributed by atoms with van der Waals surface area (Å²) < 4.78 is 11.8. The lowest BCUT2D eigenvalue weighted by Crippen LogP contribution is -2.47. The van der Waals surface area contributed by atoms with E-state index < -0.39 is 4.58 Å². The second-order valence-electron chi connectivity index (χ2n) is 2.77. The van der Waals surface area contributed by atoms with Crippen molar-refractivity contribution < 1.29 is 4.39 Å². The van der Waals surface area contributed by atoms with E-state index in [-0.39, 0.29) is 5.41 Å². The van der Waals surface area contributed by atoms with Crippen LogP contribution in [0.4, 0.5) is 4.39 Å². The van der Waals surface area contributed by atoms with E-state index in [1.54, 1.807) is 0 Å². The van der Waals surface area contributed by atoms with Crippen molar-refractivity contribution in [3.63, 3.8) is 0 Å². The lowest BCUT2D eigenvalue weighted by atomic mass is 10.0. The molecule has 8 heavy (non-hydrogen) atoms. The highest BCUT2D eigenvalue weighted by Gasteiger charge is 2.70. The fraction of sp³-hybridized carbons (Fsp3) is 1.00. The molecule has 0 radical (unpaired) electrons. The van der Waals surface area contributed by atoms with Gasteiger partial charge in [-0.1, -0.05) is 0 Å². The highest BCUT2D eigenvalue weighted by molar-refractivity contribution is 9.10. The Morgan fingerprint density at radius 2 is 2.00 bits per heavy atom. The van der Waals surface area contributed by atoms with Crippen molar-refractivity contribution in [3.05, 3.63) is 0 Å². The molecule has 3 heteroatoms. The molecule has 1 nitrogen and oxygen atoms in total. The summed E-state index contributed by atoms with van der Waals surface area (Å²) in [7, 11) is 0. The largest absolute Gasteiger partial charge is 0.315 e. The van der Waals surface area contributed by atoms with E-state index >= 15 is 0 Å². The summed E-state index contributed by atoms with van der Waals surface area (Å²) >= 11 is 3.01. The molecule has 0 aromatic rings. The Kier molecular flexibility index (Phi) is 0.722. The second kappa shape index (κ2) is 1.12. The van der Waals surface area contributed by atoms with Gasteiger partial charge in [-0.2, -0.15) is 0 Å². The van der Waals surface area contributed by atoms with Crippen molar-refractivity contribution in [1.29, 1.82) is 0 Å². The molecule has 1 N–H and O–H groups in total. The van der Waals surface area contributed by atoms with E-state index in [9.17, 15) is 4.39 Å². The summed E-state index contributed by atoms with van der Waals surface area (Å²) in [6.45, 7) is 1.71. The van der Waals surface area contributed by atoms with Crippen molar-refractivity contribution in [2.45, 2.75) is 11.0 Å². The maximum atomic E-state index is 12.8. The second-order valence-corrected chi connectivity index (χ2v) is 4.02. The molecule has 1 atom stereocenters. The topological polar surface area (TPSA) is 12.0 Å². The van der Waals surface area contributed by atoms with Gasteiger partial charge in [0.1, 0.15) is 0 Å². The molecule has 2 aliphatic rings. The SMILES string of the molecule is FC1(Br)CC12CNC2. The van der Waals surface area contributed by atoms with Crippen LogP contribution in [-0.2, 0) is 0 Å². The molecule has 2 fully saturated rings. The summed E-state index contributed by atoms with van der Waals surface area (Å²) in [6, 6.07) is 0. The van der Waals surface area contributed by atoms with E-state index in [2.05, 4.69) is 21.2 Å². The van der Waals surface area contributed by atoms with Crippen LogP contribution in [0, 0.1) is 5.41 Å². The third-order valence-electron chi connectivity index (χ3n) is 2.14. The summed E-state index contributed by atoms with van der Waals surface area (Å²) in [4.78, 5) is 0. The van der Waals surface area contributed by atoms with Gasteiger partial charge in [0.2, 0.25) is 0 Å². The molecule has 2 rings (SSSR count). The van der Waals surface area contributed by atoms with Gasteiger partial charge >= 0.3 is 0 Å². The fourth-order valence-corrected chi connectivity index (χ4v) is 2.01. The summed E-state index contributed by atoms with van der Waals surface area (Å²) in [5.41, 5.74) is 0.00694. The minimum Gasteiger partial charge on any atom is -0.315 e. The number of halogens is 2. The van der Waals surface area contributed by atoms with Crippen LogP contribution in [0.2, 0.25) is 0 Å². The first-order valence-electron chi connectivity index (χ1n) is 2.75. The van der Waals surface area contributed by atoms with Crippen LogP contribution in [0.3, 0.4) is 0 Å². The van der Waals surface area contributed by atoms with E-state index in [4.69, 9.17) is 0 Å². The molecule has 1 aliphatic carbocycles. The minimum absolute atomic E-state index is 0.00694. The van der Waals surface area contributed by atoms with E-state index in [1.165, 1.54) is 0 Å². The zero-order valence-corrected chi connectivity index (χ0v) is 5.96. The number of hydrogen-bond donors (Lipinski definition) is 1. The van der Waals surface area contributed by atoms with Crippen molar-refractivity contribution in [2.24, 2.45) is 5.41 Å². The summed E-state index contributed by atoms with van der Waals surface area (Å²) in [5.74, 6) is 0. The molecule has 0 aromatic carbocycles. The van der Waals surface area contributed by atoms with Crippen LogP contribution in [0.15, 0.2) is 0 Å². The highest BCUT2D eigenvalue weighted by atomic mass is 79.9. The van der Waals surface area contributed by atoms with Crippen molar-refractivity contribution in [2.75, 3.05) is 13.1 Å². The summed E-state index contributed by atoms with van der Waals surface area (Å²) in [5, 5.41) is 3.05. The normalized spacial score (nSPS) is 48.8. The smallest absolute Gasteiger partial charge is 0.174 e. The Morgan fingerprint density at radius 1 is 1.50 bits per heavy atom. The molecule has 1 unspecified atom stereocenters. The monoisotopic (exact) mass is 179 g/mol. The van der Waals surface area contributed by atoms with Gasteiger partial charge in [-0.3, -0.25) is 0 Å². The Bertz CT molecular complexity index is 130. The predicted molar refractivity (Wildman–Crippen MR) is 32.7 cm³/mol. The molecule has 1 saturated carbocycles. The summed E-state index contributed by atoms with van der Waals surface area (Å²) in [6.07, 6.45) is 0.701. The Labute approximate surface area is 55.8 Å². The van der Waals surface area contributed by atoms with Gasteiger partial charge in [0, 0.05) is 24.9 Å². The molecule has 1 saturated heterocycles. The van der Waals surface area contributed by atoms with Crippen LogP contribution >= 0.6 is 15.9 Å². The van der Waals surface area contributed by atoms with Gasteiger partial charge in [0.25, 0.3) is 0 Å². The van der Waals surface area contributed by atoms with Crippen LogP contribution in [0.5, 0.6) is 0 Å². The maximum Gasteiger partial charge on any atom is 0.174 e. The lowest BCUT2D eigenvalue weighted by molar-refractivity contribution is 0.241. The average molecular weight is 180 g/mol. The van der Waals surface area contributed by atoms with Gasteiger partial charge in [-0.05, 0) is 15.9 Å². The first-order chi connectivity index (χ1) is 3.66. The predicted octanol–water partition coefficient (Wildman–Crippen LogP) is 1.04. The van der Waals surface area contributed by atoms with Crippen LogP contribution in [0.1, 0.15) is 6.42 Å². The Balaban J connectivity index is 2.12. The van der Waals surface area contributed by atoms with Crippen molar-refractivity contribution in [1.82, 2.24) is 5.32 Å².